The van der Waals surface area contributed by atoms with Crippen LogP contribution < -0.4 is 4.72 Å². The molecule has 1 aliphatic rings. The van der Waals surface area contributed by atoms with E-state index in [1.54, 1.807) is 0 Å². The molecule has 76 valence electrons. The number of nitrogens with zero attached hydrogens (tertiary/aromatic N) is 1. The summed E-state index contributed by atoms with van der Waals surface area (Å²) < 4.78 is 24.4. The molecule has 4 nitrogen and oxygen atoms in total. The van der Waals surface area contributed by atoms with Crippen LogP contribution in [0.1, 0.15) is 32.6 Å². The lowest BCUT2D eigenvalue weighted by Crippen LogP contribution is -2.35. The summed E-state index contributed by atoms with van der Waals surface area (Å²) >= 11 is 0. The third-order valence-corrected chi connectivity index (χ3v) is 3.36. The highest BCUT2D eigenvalue weighted by molar-refractivity contribution is 7.90. The fraction of sp³-hybridized carbons (Fsp3) is 0.875. The Morgan fingerprint density at radius 3 is 2.92 bits per heavy atom. The van der Waals surface area contributed by atoms with Crippen LogP contribution in [0.4, 0.5) is 0 Å². The molecular formula is C8H16N2O2S. The van der Waals surface area contributed by atoms with E-state index in [1.165, 1.54) is 6.34 Å². The number of aliphatic imine (C=N–C) groups is 1. The Morgan fingerprint density at radius 2 is 2.31 bits per heavy atom. The average molecular weight is 204 g/mol. The van der Waals surface area contributed by atoms with Crippen LogP contribution in [0.3, 0.4) is 0 Å². The monoisotopic (exact) mass is 204 g/mol. The molecule has 0 aromatic heterocycles. The van der Waals surface area contributed by atoms with Gasteiger partial charge in [-0.25, -0.2) is 8.42 Å². The van der Waals surface area contributed by atoms with Crippen molar-refractivity contribution < 1.29 is 8.42 Å². The lowest BCUT2D eigenvalue weighted by molar-refractivity contribution is 0.554. The van der Waals surface area contributed by atoms with Crippen LogP contribution in [-0.4, -0.2) is 26.6 Å². The largest absolute Gasteiger partial charge is 0.274 e. The van der Waals surface area contributed by atoms with Gasteiger partial charge in [0.05, 0.1) is 18.1 Å². The van der Waals surface area contributed by atoms with Crippen molar-refractivity contribution in [3.63, 3.8) is 0 Å². The summed E-state index contributed by atoms with van der Waals surface area (Å²) in [5.74, 6) is 0.146. The first-order valence-corrected chi connectivity index (χ1v) is 6.31. The van der Waals surface area contributed by atoms with Crippen LogP contribution in [-0.2, 0) is 10.0 Å². The minimum Gasteiger partial charge on any atom is -0.274 e. The van der Waals surface area contributed by atoms with Gasteiger partial charge in [-0.15, -0.1) is 0 Å². The van der Waals surface area contributed by atoms with Gasteiger partial charge in [0.25, 0.3) is 0 Å². The Balaban J connectivity index is 2.35. The molecule has 1 atom stereocenters. The van der Waals surface area contributed by atoms with E-state index in [1.807, 2.05) is 0 Å². The molecule has 0 aromatic carbocycles. The second-order valence-electron chi connectivity index (χ2n) is 3.33. The van der Waals surface area contributed by atoms with Crippen molar-refractivity contribution in [3.05, 3.63) is 0 Å². The van der Waals surface area contributed by atoms with Crippen LogP contribution in [0.2, 0.25) is 0 Å². The van der Waals surface area contributed by atoms with Gasteiger partial charge in [0.1, 0.15) is 0 Å². The lowest BCUT2D eigenvalue weighted by Gasteiger charge is -2.16. The van der Waals surface area contributed by atoms with Crippen molar-refractivity contribution in [2.45, 2.75) is 38.6 Å². The highest BCUT2D eigenvalue weighted by atomic mass is 32.2. The van der Waals surface area contributed by atoms with Crippen LogP contribution in [0.15, 0.2) is 4.99 Å². The van der Waals surface area contributed by atoms with E-state index in [9.17, 15) is 8.42 Å². The molecule has 1 heterocycles. The van der Waals surface area contributed by atoms with Crippen molar-refractivity contribution in [1.82, 2.24) is 4.72 Å². The van der Waals surface area contributed by atoms with Gasteiger partial charge >= 0.3 is 0 Å². The van der Waals surface area contributed by atoms with Crippen molar-refractivity contribution in [3.8, 4) is 0 Å². The van der Waals surface area contributed by atoms with E-state index < -0.39 is 10.0 Å². The van der Waals surface area contributed by atoms with Crippen molar-refractivity contribution >= 4 is 16.4 Å². The number of hydrogen-bond donors (Lipinski definition) is 1. The Kier molecular flexibility index (Phi) is 3.71. The summed E-state index contributed by atoms with van der Waals surface area (Å²) in [6, 6.07) is -0.0298. The van der Waals surface area contributed by atoms with Gasteiger partial charge in [-0.05, 0) is 6.42 Å². The predicted molar refractivity (Wildman–Crippen MR) is 53.3 cm³/mol. The second-order valence-corrected chi connectivity index (χ2v) is 5.13. The standard InChI is InChI=1S/C8H16N2O2S/c1-2-3-4-5-8-6-13(11,12)10-7-9-8/h7-8H,2-6H2,1H3,(H,9,10). The summed E-state index contributed by atoms with van der Waals surface area (Å²) in [4.78, 5) is 4.08. The molecule has 1 aliphatic heterocycles. The van der Waals surface area contributed by atoms with Crippen molar-refractivity contribution in [2.75, 3.05) is 5.75 Å². The normalized spacial score (nSPS) is 25.5. The molecule has 1 rings (SSSR count). The first-order chi connectivity index (χ1) is 6.14. The number of hydrogen-bond acceptors (Lipinski definition) is 3. The van der Waals surface area contributed by atoms with Gasteiger partial charge in [-0.2, -0.15) is 0 Å². The van der Waals surface area contributed by atoms with Gasteiger partial charge in [0, 0.05) is 0 Å². The van der Waals surface area contributed by atoms with E-state index in [2.05, 4.69) is 16.6 Å². The van der Waals surface area contributed by atoms with E-state index in [0.29, 0.717) is 0 Å². The number of nitrogens with one attached hydrogen (secondary N) is 1. The third-order valence-electron chi connectivity index (χ3n) is 2.07. The Morgan fingerprint density at radius 1 is 1.54 bits per heavy atom. The summed E-state index contributed by atoms with van der Waals surface area (Å²) in [6.45, 7) is 2.13. The quantitative estimate of drug-likeness (QED) is 0.692. The number of sulfonamides is 1. The topological polar surface area (TPSA) is 58.5 Å². The van der Waals surface area contributed by atoms with E-state index in [0.717, 1.165) is 25.7 Å². The molecule has 0 saturated carbocycles. The maximum atomic E-state index is 11.1. The van der Waals surface area contributed by atoms with E-state index >= 15 is 0 Å². The molecule has 0 fully saturated rings. The molecular weight excluding hydrogens is 188 g/mol. The highest BCUT2D eigenvalue weighted by Gasteiger charge is 2.20. The van der Waals surface area contributed by atoms with Crippen LogP contribution in [0.5, 0.6) is 0 Å². The molecule has 0 aromatic rings. The number of unbranched alkanes of at least 4 members (excludes halogenated alkanes) is 2. The highest BCUT2D eigenvalue weighted by Crippen LogP contribution is 2.10. The maximum absolute atomic E-state index is 11.1. The van der Waals surface area contributed by atoms with E-state index in [-0.39, 0.29) is 11.8 Å². The zero-order valence-electron chi connectivity index (χ0n) is 7.86. The van der Waals surface area contributed by atoms with Crippen LogP contribution in [0.25, 0.3) is 0 Å². The van der Waals surface area contributed by atoms with Gasteiger partial charge < -0.3 is 0 Å². The van der Waals surface area contributed by atoms with Crippen LogP contribution >= 0.6 is 0 Å². The fourth-order valence-corrected chi connectivity index (χ4v) is 2.43. The SMILES string of the molecule is CCCCCC1CS(=O)(=O)NC=N1. The third kappa shape index (κ3) is 3.76. The first kappa shape index (κ1) is 10.5. The van der Waals surface area contributed by atoms with E-state index in [4.69, 9.17) is 0 Å². The molecule has 0 aliphatic carbocycles. The van der Waals surface area contributed by atoms with Gasteiger partial charge in [0.15, 0.2) is 0 Å². The van der Waals surface area contributed by atoms with Crippen molar-refractivity contribution in [2.24, 2.45) is 4.99 Å². The minimum atomic E-state index is -3.07. The molecule has 1 N–H and O–H groups in total. The van der Waals surface area contributed by atoms with Crippen LogP contribution in [0, 0.1) is 0 Å². The summed E-state index contributed by atoms with van der Waals surface area (Å²) in [5, 5.41) is 0. The maximum Gasteiger partial charge on any atom is 0.235 e. The molecule has 5 heteroatoms. The second kappa shape index (κ2) is 4.60. The molecule has 0 saturated heterocycles. The molecule has 1 unspecified atom stereocenters. The fourth-order valence-electron chi connectivity index (χ4n) is 1.35. The average Bonchev–Trinajstić information content (AvgIpc) is 2.03. The Labute approximate surface area is 79.5 Å². The smallest absolute Gasteiger partial charge is 0.235 e. The lowest BCUT2D eigenvalue weighted by atomic mass is 10.1. The predicted octanol–water partition coefficient (Wildman–Crippen LogP) is 0.897. The first-order valence-electron chi connectivity index (χ1n) is 4.65. The zero-order valence-corrected chi connectivity index (χ0v) is 8.68. The van der Waals surface area contributed by atoms with Crippen molar-refractivity contribution in [1.29, 1.82) is 0 Å². The summed E-state index contributed by atoms with van der Waals surface area (Å²) in [7, 11) is -3.07. The Bertz CT molecular complexity index is 272. The molecule has 0 spiro atoms. The summed E-state index contributed by atoms with van der Waals surface area (Å²) in [5.41, 5.74) is 0. The zero-order chi connectivity index (χ0) is 9.73. The molecule has 0 amide bonds. The van der Waals surface area contributed by atoms with Gasteiger partial charge in [-0.1, -0.05) is 26.2 Å². The molecule has 0 radical (unpaired) electrons. The van der Waals surface area contributed by atoms with Gasteiger partial charge in [0.2, 0.25) is 10.0 Å². The Hall–Kier alpha value is -0.580. The molecule has 0 bridgehead atoms. The summed E-state index contributed by atoms with van der Waals surface area (Å²) in [6.07, 6.45) is 5.55. The van der Waals surface area contributed by atoms with Gasteiger partial charge in [-0.3, -0.25) is 9.71 Å². The minimum absolute atomic E-state index is 0.0298. The molecule has 13 heavy (non-hydrogen) atoms. The number of rotatable bonds is 4.